The molecule has 1 saturated carbocycles. The molecule has 1 aromatic heterocycles. The Morgan fingerprint density at radius 1 is 1.44 bits per heavy atom. The van der Waals surface area contributed by atoms with Gasteiger partial charge in [0.2, 0.25) is 0 Å². The van der Waals surface area contributed by atoms with Crippen LogP contribution in [0.1, 0.15) is 44.6 Å². The SMILES string of the molecule is CCCNC(CSC1CCCC1)Cc1ccoc1. The Kier molecular flexibility index (Phi) is 6.15. The van der Waals surface area contributed by atoms with Crippen LogP contribution in [0.5, 0.6) is 0 Å². The molecule has 0 bridgehead atoms. The predicted octanol–water partition coefficient (Wildman–Crippen LogP) is 3.87. The number of thioether (sulfide) groups is 1. The van der Waals surface area contributed by atoms with Crippen LogP contribution in [-0.2, 0) is 6.42 Å². The van der Waals surface area contributed by atoms with Gasteiger partial charge in [-0.2, -0.15) is 11.8 Å². The highest BCUT2D eigenvalue weighted by atomic mass is 32.2. The predicted molar refractivity (Wildman–Crippen MR) is 79.2 cm³/mol. The van der Waals surface area contributed by atoms with Crippen molar-refractivity contribution >= 4 is 11.8 Å². The summed E-state index contributed by atoms with van der Waals surface area (Å²) in [5, 5.41) is 4.59. The summed E-state index contributed by atoms with van der Waals surface area (Å²) in [5.74, 6) is 1.23. The highest BCUT2D eigenvalue weighted by Crippen LogP contribution is 2.30. The van der Waals surface area contributed by atoms with Crippen LogP contribution in [0.4, 0.5) is 0 Å². The molecule has 0 aliphatic heterocycles. The van der Waals surface area contributed by atoms with Crippen LogP contribution in [0.25, 0.3) is 0 Å². The molecule has 0 spiro atoms. The second-order valence-electron chi connectivity index (χ2n) is 5.23. The van der Waals surface area contributed by atoms with Crippen LogP contribution < -0.4 is 5.32 Å². The largest absolute Gasteiger partial charge is 0.472 e. The van der Waals surface area contributed by atoms with Crippen LogP contribution in [0.2, 0.25) is 0 Å². The Balaban J connectivity index is 1.76. The molecule has 2 rings (SSSR count). The maximum atomic E-state index is 5.16. The Bertz CT molecular complexity index is 306. The van der Waals surface area contributed by atoms with Crippen LogP contribution in [0, 0.1) is 0 Å². The van der Waals surface area contributed by atoms with Crippen molar-refractivity contribution in [2.75, 3.05) is 12.3 Å². The van der Waals surface area contributed by atoms with E-state index in [4.69, 9.17) is 4.42 Å². The molecule has 18 heavy (non-hydrogen) atoms. The van der Waals surface area contributed by atoms with Crippen molar-refractivity contribution in [3.8, 4) is 0 Å². The lowest BCUT2D eigenvalue weighted by atomic mass is 10.1. The number of hydrogen-bond acceptors (Lipinski definition) is 3. The van der Waals surface area contributed by atoms with E-state index < -0.39 is 0 Å². The van der Waals surface area contributed by atoms with Gasteiger partial charge in [-0.15, -0.1) is 0 Å². The van der Waals surface area contributed by atoms with Gasteiger partial charge in [-0.1, -0.05) is 19.8 Å². The maximum absolute atomic E-state index is 5.16. The van der Waals surface area contributed by atoms with E-state index in [0.717, 1.165) is 18.2 Å². The average molecular weight is 267 g/mol. The smallest absolute Gasteiger partial charge is 0.0935 e. The summed E-state index contributed by atoms with van der Waals surface area (Å²) in [6.45, 7) is 3.35. The monoisotopic (exact) mass is 267 g/mol. The zero-order chi connectivity index (χ0) is 12.6. The Morgan fingerprint density at radius 2 is 2.28 bits per heavy atom. The first-order chi connectivity index (χ1) is 8.88. The normalized spacial score (nSPS) is 18.3. The molecule has 0 amide bonds. The number of nitrogens with one attached hydrogen (secondary N) is 1. The summed E-state index contributed by atoms with van der Waals surface area (Å²) >= 11 is 2.17. The lowest BCUT2D eigenvalue weighted by Crippen LogP contribution is -2.34. The quantitative estimate of drug-likeness (QED) is 0.774. The van der Waals surface area contributed by atoms with Crippen molar-refractivity contribution < 1.29 is 4.42 Å². The van der Waals surface area contributed by atoms with Gasteiger partial charge in [0.15, 0.2) is 0 Å². The van der Waals surface area contributed by atoms with Gasteiger partial charge in [-0.25, -0.2) is 0 Å². The summed E-state index contributed by atoms with van der Waals surface area (Å²) < 4.78 is 5.16. The summed E-state index contributed by atoms with van der Waals surface area (Å²) in [4.78, 5) is 0. The van der Waals surface area contributed by atoms with E-state index in [0.29, 0.717) is 6.04 Å². The van der Waals surface area contributed by atoms with E-state index in [2.05, 4.69) is 30.1 Å². The van der Waals surface area contributed by atoms with Gasteiger partial charge < -0.3 is 9.73 Å². The van der Waals surface area contributed by atoms with Gasteiger partial charge in [0.1, 0.15) is 0 Å². The minimum absolute atomic E-state index is 0.591. The molecule has 3 heteroatoms. The van der Waals surface area contributed by atoms with Gasteiger partial charge in [0.25, 0.3) is 0 Å². The van der Waals surface area contributed by atoms with Crippen molar-refractivity contribution in [1.82, 2.24) is 5.32 Å². The zero-order valence-corrected chi connectivity index (χ0v) is 12.2. The first kappa shape index (κ1) is 14.0. The van der Waals surface area contributed by atoms with E-state index in [1.807, 2.05) is 6.26 Å². The van der Waals surface area contributed by atoms with Gasteiger partial charge in [0, 0.05) is 17.0 Å². The third kappa shape index (κ3) is 4.69. The van der Waals surface area contributed by atoms with E-state index in [1.54, 1.807) is 6.26 Å². The molecule has 1 fully saturated rings. The third-order valence-electron chi connectivity index (χ3n) is 3.58. The zero-order valence-electron chi connectivity index (χ0n) is 11.4. The molecule has 2 nitrogen and oxygen atoms in total. The minimum atomic E-state index is 0.591. The highest BCUT2D eigenvalue weighted by molar-refractivity contribution is 7.99. The molecule has 0 aromatic carbocycles. The standard InChI is InChI=1S/C15H25NOS/c1-2-8-16-14(10-13-7-9-17-11-13)12-18-15-5-3-4-6-15/h7,9,11,14-16H,2-6,8,10,12H2,1H3. The van der Waals surface area contributed by atoms with Crippen LogP contribution in [-0.4, -0.2) is 23.6 Å². The third-order valence-corrected chi connectivity index (χ3v) is 5.12. The molecule has 102 valence electrons. The summed E-state index contributed by atoms with van der Waals surface area (Å²) in [5.41, 5.74) is 1.32. The van der Waals surface area contributed by atoms with E-state index in [-0.39, 0.29) is 0 Å². The number of furan rings is 1. The van der Waals surface area contributed by atoms with Crippen molar-refractivity contribution in [3.63, 3.8) is 0 Å². The second kappa shape index (κ2) is 7.90. The summed E-state index contributed by atoms with van der Waals surface area (Å²) in [7, 11) is 0. The molecular formula is C15H25NOS. The molecule has 1 unspecified atom stereocenters. The molecule has 1 aliphatic rings. The maximum Gasteiger partial charge on any atom is 0.0935 e. The molecule has 1 heterocycles. The van der Waals surface area contributed by atoms with Crippen LogP contribution >= 0.6 is 11.8 Å². The first-order valence-electron chi connectivity index (χ1n) is 7.24. The fourth-order valence-electron chi connectivity index (χ4n) is 2.54. The van der Waals surface area contributed by atoms with Crippen molar-refractivity contribution in [2.24, 2.45) is 0 Å². The highest BCUT2D eigenvalue weighted by Gasteiger charge is 2.18. The first-order valence-corrected chi connectivity index (χ1v) is 8.29. The fourth-order valence-corrected chi connectivity index (χ4v) is 3.95. The molecule has 0 radical (unpaired) electrons. The molecule has 1 aliphatic carbocycles. The fraction of sp³-hybridized carbons (Fsp3) is 0.733. The van der Waals surface area contributed by atoms with E-state index in [9.17, 15) is 0 Å². The second-order valence-corrected chi connectivity index (χ2v) is 6.56. The van der Waals surface area contributed by atoms with Crippen molar-refractivity contribution in [3.05, 3.63) is 24.2 Å². The Labute approximate surface area is 115 Å². The molecule has 1 atom stereocenters. The van der Waals surface area contributed by atoms with E-state index in [1.165, 1.54) is 43.4 Å². The lowest BCUT2D eigenvalue weighted by molar-refractivity contribution is 0.536. The average Bonchev–Trinajstić information content (AvgIpc) is 3.05. The molecule has 0 saturated heterocycles. The molecular weight excluding hydrogens is 242 g/mol. The van der Waals surface area contributed by atoms with Crippen LogP contribution in [0.3, 0.4) is 0 Å². The van der Waals surface area contributed by atoms with Gasteiger partial charge in [-0.3, -0.25) is 0 Å². The Morgan fingerprint density at radius 3 is 2.94 bits per heavy atom. The van der Waals surface area contributed by atoms with Crippen molar-refractivity contribution in [1.29, 1.82) is 0 Å². The lowest BCUT2D eigenvalue weighted by Gasteiger charge is -2.19. The molecule has 1 aromatic rings. The number of hydrogen-bond donors (Lipinski definition) is 1. The van der Waals surface area contributed by atoms with Gasteiger partial charge in [0.05, 0.1) is 12.5 Å². The van der Waals surface area contributed by atoms with Gasteiger partial charge in [-0.05, 0) is 43.9 Å². The molecule has 1 N–H and O–H groups in total. The van der Waals surface area contributed by atoms with E-state index >= 15 is 0 Å². The van der Waals surface area contributed by atoms with Crippen molar-refractivity contribution in [2.45, 2.75) is 56.7 Å². The number of rotatable bonds is 8. The van der Waals surface area contributed by atoms with Gasteiger partial charge >= 0.3 is 0 Å². The topological polar surface area (TPSA) is 25.2 Å². The Hall–Kier alpha value is -0.410. The summed E-state index contributed by atoms with van der Waals surface area (Å²) in [6, 6.07) is 2.68. The minimum Gasteiger partial charge on any atom is -0.472 e. The summed E-state index contributed by atoms with van der Waals surface area (Å²) in [6.07, 6.45) is 11.7. The van der Waals surface area contributed by atoms with Crippen LogP contribution in [0.15, 0.2) is 23.0 Å².